The molecule has 1 aliphatic rings. The Labute approximate surface area is 180 Å². The Balaban J connectivity index is 1.86. The number of carboxylic acid groups (broad SMARTS) is 1. The van der Waals surface area contributed by atoms with E-state index in [1.807, 2.05) is 0 Å². The predicted octanol–water partition coefficient (Wildman–Crippen LogP) is 3.19. The summed E-state index contributed by atoms with van der Waals surface area (Å²) in [6, 6.07) is 8.41. The van der Waals surface area contributed by atoms with Gasteiger partial charge >= 0.3 is 12.1 Å². The lowest BCUT2D eigenvalue weighted by molar-refractivity contribution is -0.144. The summed E-state index contributed by atoms with van der Waals surface area (Å²) in [6.45, 7) is 4.53. The highest BCUT2D eigenvalue weighted by Gasteiger charge is 2.41. The SMILES string of the molecule is CC(C)(C)OC(=O)N1CCN(S(=O)(=O)c2ccc3cc(Cl)ccc3c2)CC1C(=O)O. The van der Waals surface area contributed by atoms with Crippen molar-refractivity contribution < 1.29 is 27.9 Å². The van der Waals surface area contributed by atoms with E-state index in [0.29, 0.717) is 10.4 Å². The zero-order valence-electron chi connectivity index (χ0n) is 16.8. The van der Waals surface area contributed by atoms with E-state index < -0.39 is 33.7 Å². The molecule has 3 rings (SSSR count). The van der Waals surface area contributed by atoms with E-state index in [1.165, 1.54) is 12.1 Å². The summed E-state index contributed by atoms with van der Waals surface area (Å²) in [5.74, 6) is -1.30. The van der Waals surface area contributed by atoms with Gasteiger partial charge in [-0.2, -0.15) is 4.31 Å². The number of carbonyl (C=O) groups excluding carboxylic acids is 1. The van der Waals surface area contributed by atoms with E-state index in [0.717, 1.165) is 14.6 Å². The topological polar surface area (TPSA) is 104 Å². The highest BCUT2D eigenvalue weighted by molar-refractivity contribution is 7.89. The third kappa shape index (κ3) is 4.69. The van der Waals surface area contributed by atoms with Gasteiger partial charge in [-0.1, -0.05) is 23.7 Å². The maximum atomic E-state index is 13.1. The third-order valence-electron chi connectivity index (χ3n) is 4.67. The number of amides is 1. The van der Waals surface area contributed by atoms with E-state index in [1.54, 1.807) is 45.0 Å². The van der Waals surface area contributed by atoms with E-state index in [4.69, 9.17) is 16.3 Å². The number of ether oxygens (including phenoxy) is 1. The van der Waals surface area contributed by atoms with Crippen molar-refractivity contribution in [3.05, 3.63) is 41.4 Å². The average molecular weight is 455 g/mol. The monoisotopic (exact) mass is 454 g/mol. The van der Waals surface area contributed by atoms with Gasteiger partial charge in [0.25, 0.3) is 0 Å². The molecule has 2 aromatic carbocycles. The van der Waals surface area contributed by atoms with Crippen molar-refractivity contribution in [2.45, 2.75) is 37.3 Å². The lowest BCUT2D eigenvalue weighted by Crippen LogP contribution is -2.59. The number of carbonyl (C=O) groups is 2. The van der Waals surface area contributed by atoms with Crippen LogP contribution in [-0.4, -0.2) is 66.1 Å². The molecule has 1 heterocycles. The first-order valence-corrected chi connectivity index (χ1v) is 11.1. The standard InChI is InChI=1S/C20H23ClN2O6S/c1-20(2,3)29-19(26)23-9-8-22(12-17(23)18(24)25)30(27,28)16-7-5-13-10-15(21)6-4-14(13)11-16/h4-7,10-11,17H,8-9,12H2,1-3H3,(H,24,25). The summed E-state index contributed by atoms with van der Waals surface area (Å²) in [6.07, 6.45) is -0.783. The Kier molecular flexibility index (Phi) is 5.99. The van der Waals surface area contributed by atoms with Crippen molar-refractivity contribution in [3.63, 3.8) is 0 Å². The molecule has 1 aliphatic heterocycles. The molecule has 162 valence electrons. The summed E-state index contributed by atoms with van der Waals surface area (Å²) < 4.78 is 32.6. The molecular weight excluding hydrogens is 432 g/mol. The Hall–Kier alpha value is -2.36. The van der Waals surface area contributed by atoms with Crippen LogP contribution in [0.15, 0.2) is 41.3 Å². The van der Waals surface area contributed by atoms with Crippen molar-refractivity contribution >= 4 is 44.5 Å². The Morgan fingerprint density at radius 1 is 1.10 bits per heavy atom. The molecule has 1 fully saturated rings. The van der Waals surface area contributed by atoms with Crippen LogP contribution in [0.25, 0.3) is 10.8 Å². The second-order valence-electron chi connectivity index (χ2n) is 8.04. The number of benzene rings is 2. The quantitative estimate of drug-likeness (QED) is 0.763. The second kappa shape index (κ2) is 8.05. The van der Waals surface area contributed by atoms with Gasteiger partial charge in [0.1, 0.15) is 11.6 Å². The van der Waals surface area contributed by atoms with Gasteiger partial charge in [0.2, 0.25) is 10.0 Å². The molecule has 0 saturated carbocycles. The molecule has 0 spiro atoms. The summed E-state index contributed by atoms with van der Waals surface area (Å²) >= 11 is 5.97. The lowest BCUT2D eigenvalue weighted by atomic mass is 10.1. The molecule has 1 saturated heterocycles. The molecule has 0 aliphatic carbocycles. The zero-order valence-corrected chi connectivity index (χ0v) is 18.4. The van der Waals surface area contributed by atoms with E-state index in [9.17, 15) is 23.1 Å². The van der Waals surface area contributed by atoms with Gasteiger partial charge in [0, 0.05) is 24.7 Å². The number of fused-ring (bicyclic) bond motifs is 1. The fraction of sp³-hybridized carbons (Fsp3) is 0.400. The molecule has 1 atom stereocenters. The molecule has 0 bridgehead atoms. The molecule has 10 heteroatoms. The van der Waals surface area contributed by atoms with Crippen LogP contribution in [0.2, 0.25) is 5.02 Å². The summed E-state index contributed by atoms with van der Waals surface area (Å²) in [5.41, 5.74) is -0.794. The Morgan fingerprint density at radius 3 is 2.37 bits per heavy atom. The van der Waals surface area contributed by atoms with Gasteiger partial charge < -0.3 is 9.84 Å². The number of hydrogen-bond acceptors (Lipinski definition) is 5. The fourth-order valence-electron chi connectivity index (χ4n) is 3.23. The molecule has 8 nitrogen and oxygen atoms in total. The first-order valence-electron chi connectivity index (χ1n) is 9.30. The van der Waals surface area contributed by atoms with Gasteiger partial charge in [-0.05, 0) is 55.8 Å². The molecule has 0 radical (unpaired) electrons. The lowest BCUT2D eigenvalue weighted by Gasteiger charge is -2.39. The summed E-state index contributed by atoms with van der Waals surface area (Å²) in [5, 5.41) is 11.6. The number of hydrogen-bond donors (Lipinski definition) is 1. The van der Waals surface area contributed by atoms with Crippen molar-refractivity contribution in [1.29, 1.82) is 0 Å². The van der Waals surface area contributed by atoms with Crippen molar-refractivity contribution in [2.24, 2.45) is 0 Å². The molecule has 0 aromatic heterocycles. The van der Waals surface area contributed by atoms with Crippen LogP contribution in [0.3, 0.4) is 0 Å². The van der Waals surface area contributed by atoms with Crippen LogP contribution >= 0.6 is 11.6 Å². The van der Waals surface area contributed by atoms with E-state index in [2.05, 4.69) is 0 Å². The van der Waals surface area contributed by atoms with Crippen molar-refractivity contribution in [1.82, 2.24) is 9.21 Å². The maximum Gasteiger partial charge on any atom is 0.411 e. The van der Waals surface area contributed by atoms with Crippen LogP contribution in [0.4, 0.5) is 4.79 Å². The van der Waals surface area contributed by atoms with E-state index in [-0.39, 0.29) is 24.5 Å². The van der Waals surface area contributed by atoms with Gasteiger partial charge in [0.15, 0.2) is 0 Å². The minimum atomic E-state index is -3.96. The zero-order chi connectivity index (χ0) is 22.3. The van der Waals surface area contributed by atoms with Gasteiger partial charge in [0.05, 0.1) is 4.90 Å². The number of carboxylic acids is 1. The van der Waals surface area contributed by atoms with E-state index >= 15 is 0 Å². The fourth-order valence-corrected chi connectivity index (χ4v) is 4.88. The van der Waals surface area contributed by atoms with Crippen LogP contribution in [0, 0.1) is 0 Å². The molecule has 1 N–H and O–H groups in total. The Morgan fingerprint density at radius 2 is 1.73 bits per heavy atom. The van der Waals surface area contributed by atoms with Crippen LogP contribution in [0.5, 0.6) is 0 Å². The summed E-state index contributed by atoms with van der Waals surface area (Å²) in [4.78, 5) is 25.3. The first kappa shape index (κ1) is 22.3. The first-order chi connectivity index (χ1) is 13.9. The van der Waals surface area contributed by atoms with Gasteiger partial charge in [-0.15, -0.1) is 0 Å². The number of piperazine rings is 1. The summed E-state index contributed by atoms with van der Waals surface area (Å²) in [7, 11) is -3.96. The van der Waals surface area contributed by atoms with Crippen molar-refractivity contribution in [2.75, 3.05) is 19.6 Å². The third-order valence-corrected chi connectivity index (χ3v) is 6.76. The van der Waals surface area contributed by atoms with Crippen LogP contribution in [0.1, 0.15) is 20.8 Å². The Bertz CT molecular complexity index is 1100. The van der Waals surface area contributed by atoms with Crippen molar-refractivity contribution in [3.8, 4) is 0 Å². The number of aliphatic carboxylic acids is 1. The highest BCUT2D eigenvalue weighted by atomic mass is 35.5. The number of rotatable bonds is 3. The predicted molar refractivity (Wildman–Crippen MR) is 112 cm³/mol. The normalized spacial score (nSPS) is 18.4. The molecular formula is C20H23ClN2O6S. The molecule has 1 unspecified atom stereocenters. The van der Waals surface area contributed by atoms with Crippen LogP contribution < -0.4 is 0 Å². The average Bonchev–Trinajstić information content (AvgIpc) is 2.65. The highest BCUT2D eigenvalue weighted by Crippen LogP contribution is 2.26. The number of halogens is 1. The molecule has 30 heavy (non-hydrogen) atoms. The minimum Gasteiger partial charge on any atom is -0.480 e. The molecule has 2 aromatic rings. The number of nitrogens with zero attached hydrogens (tertiary/aromatic N) is 2. The number of sulfonamides is 1. The largest absolute Gasteiger partial charge is 0.480 e. The smallest absolute Gasteiger partial charge is 0.411 e. The second-order valence-corrected chi connectivity index (χ2v) is 10.4. The van der Waals surface area contributed by atoms with Crippen LogP contribution in [-0.2, 0) is 19.6 Å². The minimum absolute atomic E-state index is 0.0377. The van der Waals surface area contributed by atoms with Gasteiger partial charge in [-0.3, -0.25) is 4.90 Å². The maximum absolute atomic E-state index is 13.1. The molecule has 1 amide bonds. The van der Waals surface area contributed by atoms with Gasteiger partial charge in [-0.25, -0.2) is 18.0 Å².